The minimum atomic E-state index is -3.73. The predicted octanol–water partition coefficient (Wildman–Crippen LogP) is 2.74. The average molecular weight is 458 g/mol. The third-order valence-electron chi connectivity index (χ3n) is 5.22. The molecule has 0 saturated carbocycles. The number of piperazine rings is 1. The zero-order chi connectivity index (χ0) is 23.1. The molecule has 0 aliphatic carbocycles. The number of methoxy groups -OCH3 is 1. The summed E-state index contributed by atoms with van der Waals surface area (Å²) in [5.41, 5.74) is 1.88. The van der Waals surface area contributed by atoms with Crippen molar-refractivity contribution >= 4 is 22.0 Å². The van der Waals surface area contributed by atoms with Crippen LogP contribution in [0.2, 0.25) is 0 Å². The fourth-order valence-corrected chi connectivity index (χ4v) is 5.08. The summed E-state index contributed by atoms with van der Waals surface area (Å²) in [4.78, 5) is 16.9. The van der Waals surface area contributed by atoms with Crippen LogP contribution < -0.4 is 9.46 Å². The summed E-state index contributed by atoms with van der Waals surface area (Å²) in [6, 6.07) is 14.9. The van der Waals surface area contributed by atoms with Gasteiger partial charge < -0.3 is 9.64 Å². The van der Waals surface area contributed by atoms with Crippen LogP contribution in [0.4, 0.5) is 0 Å². The van der Waals surface area contributed by atoms with E-state index in [0.717, 1.165) is 19.6 Å². The van der Waals surface area contributed by atoms with Gasteiger partial charge in [0, 0.05) is 44.8 Å². The highest BCUT2D eigenvalue weighted by Crippen LogP contribution is 2.25. The molecule has 1 aliphatic heterocycles. The van der Waals surface area contributed by atoms with Crippen LogP contribution in [-0.4, -0.2) is 63.5 Å². The van der Waals surface area contributed by atoms with E-state index in [0.29, 0.717) is 18.7 Å². The van der Waals surface area contributed by atoms with Crippen molar-refractivity contribution in [1.82, 2.24) is 14.5 Å². The average Bonchev–Trinajstić information content (AvgIpc) is 2.77. The van der Waals surface area contributed by atoms with E-state index in [1.54, 1.807) is 32.1 Å². The lowest BCUT2D eigenvalue weighted by molar-refractivity contribution is -0.127. The Kier molecular flexibility index (Phi) is 8.06. The van der Waals surface area contributed by atoms with Crippen LogP contribution in [0, 0.1) is 0 Å². The van der Waals surface area contributed by atoms with E-state index in [-0.39, 0.29) is 22.6 Å². The van der Waals surface area contributed by atoms with E-state index in [1.807, 2.05) is 23.1 Å². The summed E-state index contributed by atoms with van der Waals surface area (Å²) in [5, 5.41) is 0. The summed E-state index contributed by atoms with van der Waals surface area (Å²) < 4.78 is 33.0. The van der Waals surface area contributed by atoms with Crippen molar-refractivity contribution in [3.8, 4) is 5.75 Å². The first-order valence-corrected chi connectivity index (χ1v) is 12.2. The van der Waals surface area contributed by atoms with Gasteiger partial charge in [-0.1, -0.05) is 36.4 Å². The fraction of sp³-hybridized carbons (Fsp3) is 0.375. The summed E-state index contributed by atoms with van der Waals surface area (Å²) >= 11 is 0. The fourth-order valence-electron chi connectivity index (χ4n) is 3.62. The first-order valence-electron chi connectivity index (χ1n) is 10.7. The Morgan fingerprint density at radius 3 is 2.41 bits per heavy atom. The highest BCUT2D eigenvalue weighted by atomic mass is 32.2. The number of carbonyl (C=O) groups excluding carboxylic acids is 1. The van der Waals surface area contributed by atoms with Crippen molar-refractivity contribution in [1.29, 1.82) is 0 Å². The van der Waals surface area contributed by atoms with E-state index >= 15 is 0 Å². The van der Waals surface area contributed by atoms with Gasteiger partial charge in [0.25, 0.3) is 0 Å². The number of hydrogen-bond acceptors (Lipinski definition) is 5. The topological polar surface area (TPSA) is 79.0 Å². The van der Waals surface area contributed by atoms with Crippen LogP contribution in [0.5, 0.6) is 5.75 Å². The number of carbonyl (C=O) groups is 1. The number of sulfonamides is 1. The SMILES string of the molecule is COc1ccc(/C=C/C(=O)N2CCN(Cc3ccccc3)CC2)cc1S(=O)(=O)NC(C)C. The predicted molar refractivity (Wildman–Crippen MR) is 126 cm³/mol. The molecule has 32 heavy (non-hydrogen) atoms. The molecule has 8 heteroatoms. The number of nitrogens with zero attached hydrogens (tertiary/aromatic N) is 2. The highest BCUT2D eigenvalue weighted by molar-refractivity contribution is 7.89. The van der Waals surface area contributed by atoms with Crippen LogP contribution >= 0.6 is 0 Å². The molecule has 1 N–H and O–H groups in total. The van der Waals surface area contributed by atoms with Crippen molar-refractivity contribution in [3.05, 3.63) is 65.7 Å². The Morgan fingerprint density at radius 2 is 1.78 bits per heavy atom. The molecule has 0 aromatic heterocycles. The van der Waals surface area contributed by atoms with Gasteiger partial charge in [0.05, 0.1) is 7.11 Å². The van der Waals surface area contributed by atoms with Crippen LogP contribution in [-0.2, 0) is 21.4 Å². The quantitative estimate of drug-likeness (QED) is 0.617. The van der Waals surface area contributed by atoms with Gasteiger partial charge in [-0.15, -0.1) is 0 Å². The third kappa shape index (κ3) is 6.41. The van der Waals surface area contributed by atoms with Crippen LogP contribution in [0.25, 0.3) is 6.08 Å². The highest BCUT2D eigenvalue weighted by Gasteiger charge is 2.22. The normalized spacial score (nSPS) is 15.4. The Hall–Kier alpha value is -2.68. The second-order valence-corrected chi connectivity index (χ2v) is 9.79. The molecule has 1 aliphatic rings. The van der Waals surface area contributed by atoms with Gasteiger partial charge >= 0.3 is 0 Å². The zero-order valence-electron chi connectivity index (χ0n) is 18.8. The Balaban J connectivity index is 1.62. The number of rotatable bonds is 8. The molecule has 0 bridgehead atoms. The molecule has 2 aromatic rings. The second kappa shape index (κ2) is 10.8. The minimum absolute atomic E-state index is 0.0535. The van der Waals surface area contributed by atoms with Crippen molar-refractivity contribution in [2.45, 2.75) is 31.3 Å². The van der Waals surface area contributed by atoms with Gasteiger partial charge in [-0.2, -0.15) is 0 Å². The first-order chi connectivity index (χ1) is 15.3. The van der Waals surface area contributed by atoms with Crippen molar-refractivity contribution in [2.75, 3.05) is 33.3 Å². The summed E-state index contributed by atoms with van der Waals surface area (Å²) in [6.45, 7) is 7.36. The largest absolute Gasteiger partial charge is 0.495 e. The standard InChI is InChI=1S/C24H31N3O4S/c1-19(2)25-32(29,30)23-17-20(9-11-22(23)31-3)10-12-24(28)27-15-13-26(14-16-27)18-21-7-5-4-6-8-21/h4-12,17,19,25H,13-16,18H2,1-3H3/b12-10+. The molecule has 0 atom stereocenters. The molecule has 1 amide bonds. The number of nitrogens with one attached hydrogen (secondary N) is 1. The minimum Gasteiger partial charge on any atom is -0.495 e. The second-order valence-electron chi connectivity index (χ2n) is 8.11. The van der Waals surface area contributed by atoms with Gasteiger partial charge in [0.2, 0.25) is 15.9 Å². The summed E-state index contributed by atoms with van der Waals surface area (Å²) in [7, 11) is -2.29. The third-order valence-corrected chi connectivity index (χ3v) is 6.90. The molecule has 1 fully saturated rings. The van der Waals surface area contributed by atoms with E-state index in [4.69, 9.17) is 4.74 Å². The van der Waals surface area contributed by atoms with Crippen LogP contribution in [0.15, 0.2) is 59.5 Å². The van der Waals surface area contributed by atoms with Crippen molar-refractivity contribution < 1.29 is 17.9 Å². The molecule has 7 nitrogen and oxygen atoms in total. The van der Waals surface area contributed by atoms with Gasteiger partial charge in [0.15, 0.2) is 0 Å². The molecule has 1 heterocycles. The van der Waals surface area contributed by atoms with Gasteiger partial charge in [0.1, 0.15) is 10.6 Å². The molecule has 1 saturated heterocycles. The monoisotopic (exact) mass is 457 g/mol. The van der Waals surface area contributed by atoms with E-state index < -0.39 is 10.0 Å². The maximum atomic E-state index is 12.7. The smallest absolute Gasteiger partial charge is 0.246 e. The number of hydrogen-bond donors (Lipinski definition) is 1. The Labute approximate surface area is 190 Å². The molecule has 3 rings (SSSR count). The van der Waals surface area contributed by atoms with Gasteiger partial charge in [-0.3, -0.25) is 9.69 Å². The zero-order valence-corrected chi connectivity index (χ0v) is 19.6. The molecular formula is C24H31N3O4S. The molecule has 0 spiro atoms. The van der Waals surface area contributed by atoms with E-state index in [2.05, 4.69) is 21.8 Å². The first kappa shape index (κ1) is 24.0. The van der Waals surface area contributed by atoms with Crippen LogP contribution in [0.3, 0.4) is 0 Å². The lowest BCUT2D eigenvalue weighted by Crippen LogP contribution is -2.47. The molecular weight excluding hydrogens is 426 g/mol. The van der Waals surface area contributed by atoms with Gasteiger partial charge in [-0.25, -0.2) is 13.1 Å². The molecule has 2 aromatic carbocycles. The molecule has 172 valence electrons. The molecule has 0 unspecified atom stereocenters. The van der Waals surface area contributed by atoms with E-state index in [9.17, 15) is 13.2 Å². The lowest BCUT2D eigenvalue weighted by atomic mass is 10.2. The lowest BCUT2D eigenvalue weighted by Gasteiger charge is -2.34. The molecule has 0 radical (unpaired) electrons. The summed E-state index contributed by atoms with van der Waals surface area (Å²) in [5.74, 6) is 0.182. The van der Waals surface area contributed by atoms with E-state index in [1.165, 1.54) is 24.8 Å². The van der Waals surface area contributed by atoms with Crippen LogP contribution in [0.1, 0.15) is 25.0 Å². The van der Waals surface area contributed by atoms with Crippen molar-refractivity contribution in [3.63, 3.8) is 0 Å². The van der Waals surface area contributed by atoms with Gasteiger partial charge in [-0.05, 0) is 43.2 Å². The summed E-state index contributed by atoms with van der Waals surface area (Å²) in [6.07, 6.45) is 3.15. The number of benzene rings is 2. The Morgan fingerprint density at radius 1 is 1.09 bits per heavy atom. The Bertz CT molecular complexity index is 1040. The maximum Gasteiger partial charge on any atom is 0.246 e. The number of amides is 1. The number of ether oxygens (including phenoxy) is 1. The van der Waals surface area contributed by atoms with Crippen molar-refractivity contribution in [2.24, 2.45) is 0 Å². The maximum absolute atomic E-state index is 12.7.